The van der Waals surface area contributed by atoms with Crippen LogP contribution in [-0.2, 0) is 10.2 Å². The fraction of sp³-hybridized carbons (Fsp3) is 0.682. The maximum atomic E-state index is 12.7. The van der Waals surface area contributed by atoms with E-state index in [1.165, 1.54) is 18.4 Å². The molecule has 1 aromatic carbocycles. The van der Waals surface area contributed by atoms with Crippen molar-refractivity contribution in [2.24, 2.45) is 5.92 Å². The third-order valence-electron chi connectivity index (χ3n) is 5.58. The molecule has 0 radical (unpaired) electrons. The zero-order valence-corrected chi connectivity index (χ0v) is 16.8. The largest absolute Gasteiger partial charge is 0.481 e. The molecule has 1 aliphatic heterocycles. The van der Waals surface area contributed by atoms with E-state index in [1.54, 1.807) is 0 Å². The molecule has 1 atom stereocenters. The summed E-state index contributed by atoms with van der Waals surface area (Å²) < 4.78 is 5.90. The number of nitrogens with one attached hydrogen (secondary N) is 1. The first-order valence-corrected chi connectivity index (χ1v) is 10.1. The molecule has 4 nitrogen and oxygen atoms in total. The minimum atomic E-state index is -0.438. The van der Waals surface area contributed by atoms with Crippen molar-refractivity contribution in [3.8, 4) is 5.75 Å². The summed E-state index contributed by atoms with van der Waals surface area (Å²) in [5, 5.41) is 3.66. The average molecular weight is 359 g/mol. The lowest BCUT2D eigenvalue weighted by Crippen LogP contribution is -2.48. The summed E-state index contributed by atoms with van der Waals surface area (Å²) in [6.07, 6.45) is 4.43. The van der Waals surface area contributed by atoms with E-state index in [2.05, 4.69) is 38.2 Å². The Morgan fingerprint density at radius 1 is 1.15 bits per heavy atom. The van der Waals surface area contributed by atoms with Gasteiger partial charge in [-0.15, -0.1) is 0 Å². The van der Waals surface area contributed by atoms with Gasteiger partial charge in [0, 0.05) is 19.1 Å². The van der Waals surface area contributed by atoms with Crippen LogP contribution in [0.4, 0.5) is 0 Å². The van der Waals surface area contributed by atoms with Gasteiger partial charge in [0.25, 0.3) is 5.91 Å². The van der Waals surface area contributed by atoms with Crippen molar-refractivity contribution in [1.29, 1.82) is 0 Å². The Morgan fingerprint density at radius 3 is 2.31 bits per heavy atom. The highest BCUT2D eigenvalue weighted by molar-refractivity contribution is 5.81. The minimum absolute atomic E-state index is 0.102. The summed E-state index contributed by atoms with van der Waals surface area (Å²) in [4.78, 5) is 14.7. The molecule has 1 N–H and O–H groups in total. The highest BCUT2D eigenvalue weighted by atomic mass is 16.5. The number of carbonyl (C=O) groups excluding carboxylic acids is 1. The number of ether oxygens (including phenoxy) is 1. The van der Waals surface area contributed by atoms with Gasteiger partial charge in [-0.2, -0.15) is 0 Å². The van der Waals surface area contributed by atoms with Crippen LogP contribution >= 0.6 is 0 Å². The van der Waals surface area contributed by atoms with E-state index >= 15 is 0 Å². The summed E-state index contributed by atoms with van der Waals surface area (Å²) in [6.45, 7) is 11.3. The van der Waals surface area contributed by atoms with E-state index in [0.717, 1.165) is 44.1 Å². The van der Waals surface area contributed by atoms with E-state index in [4.69, 9.17) is 4.74 Å². The average Bonchev–Trinajstić information content (AvgIpc) is 3.44. The Morgan fingerprint density at radius 2 is 1.77 bits per heavy atom. The van der Waals surface area contributed by atoms with Gasteiger partial charge in [-0.3, -0.25) is 4.79 Å². The molecule has 1 aromatic rings. The zero-order valence-electron chi connectivity index (χ0n) is 16.8. The molecule has 0 bridgehead atoms. The predicted octanol–water partition coefficient (Wildman–Crippen LogP) is 3.74. The topological polar surface area (TPSA) is 41.6 Å². The second-order valence-electron chi connectivity index (χ2n) is 8.99. The molecule has 1 saturated carbocycles. The summed E-state index contributed by atoms with van der Waals surface area (Å²) in [5.41, 5.74) is 1.39. The number of likely N-dealkylation sites (tertiary alicyclic amines) is 1. The Bertz CT molecular complexity index is 594. The number of rotatable bonds is 6. The quantitative estimate of drug-likeness (QED) is 0.842. The summed E-state index contributed by atoms with van der Waals surface area (Å²) in [6, 6.07) is 8.69. The molecule has 2 aliphatic rings. The molecule has 26 heavy (non-hydrogen) atoms. The molecule has 1 amide bonds. The number of nitrogens with zero attached hydrogens (tertiary/aromatic N) is 1. The van der Waals surface area contributed by atoms with Crippen molar-refractivity contribution < 1.29 is 9.53 Å². The van der Waals surface area contributed by atoms with Crippen molar-refractivity contribution in [2.45, 2.75) is 70.9 Å². The number of benzene rings is 1. The van der Waals surface area contributed by atoms with Crippen LogP contribution in [0, 0.1) is 5.92 Å². The van der Waals surface area contributed by atoms with Crippen molar-refractivity contribution in [2.75, 3.05) is 19.6 Å². The normalized spacial score (nSPS) is 20.1. The van der Waals surface area contributed by atoms with Gasteiger partial charge in [0.1, 0.15) is 5.75 Å². The zero-order chi connectivity index (χ0) is 18.7. The third kappa shape index (κ3) is 5.23. The van der Waals surface area contributed by atoms with Crippen LogP contribution in [0.25, 0.3) is 0 Å². The van der Waals surface area contributed by atoms with Crippen LogP contribution in [0.5, 0.6) is 5.75 Å². The van der Waals surface area contributed by atoms with Crippen LogP contribution in [0.15, 0.2) is 24.3 Å². The SMILES string of the molecule is CC(Oc1ccc(C(C)(C)C)cc1)C(=O)N1CCC(NCC2CC2)CC1. The van der Waals surface area contributed by atoms with E-state index in [0.29, 0.717) is 6.04 Å². The van der Waals surface area contributed by atoms with Gasteiger partial charge in [0.05, 0.1) is 0 Å². The van der Waals surface area contributed by atoms with E-state index < -0.39 is 6.10 Å². The van der Waals surface area contributed by atoms with E-state index in [1.807, 2.05) is 24.0 Å². The van der Waals surface area contributed by atoms with Crippen LogP contribution in [0.1, 0.15) is 58.9 Å². The molecule has 1 saturated heterocycles. The molecule has 1 unspecified atom stereocenters. The second-order valence-corrected chi connectivity index (χ2v) is 8.99. The van der Waals surface area contributed by atoms with Gasteiger partial charge in [-0.1, -0.05) is 32.9 Å². The predicted molar refractivity (Wildman–Crippen MR) is 106 cm³/mol. The maximum Gasteiger partial charge on any atom is 0.263 e. The van der Waals surface area contributed by atoms with Gasteiger partial charge >= 0.3 is 0 Å². The molecule has 144 valence electrons. The summed E-state index contributed by atoms with van der Waals surface area (Å²) in [7, 11) is 0. The number of hydrogen-bond donors (Lipinski definition) is 1. The molecule has 1 heterocycles. The van der Waals surface area contributed by atoms with Gasteiger partial charge < -0.3 is 15.0 Å². The molecule has 2 fully saturated rings. The van der Waals surface area contributed by atoms with Gasteiger partial charge in [0.2, 0.25) is 0 Å². The second kappa shape index (κ2) is 7.99. The first-order chi connectivity index (χ1) is 12.3. The van der Waals surface area contributed by atoms with Gasteiger partial charge in [0.15, 0.2) is 6.10 Å². The van der Waals surface area contributed by atoms with Crippen LogP contribution in [0.2, 0.25) is 0 Å². The van der Waals surface area contributed by atoms with Crippen molar-refractivity contribution in [3.05, 3.63) is 29.8 Å². The number of amides is 1. The number of carbonyl (C=O) groups is 1. The number of hydrogen-bond acceptors (Lipinski definition) is 3. The van der Waals surface area contributed by atoms with Gasteiger partial charge in [-0.05, 0) is 68.2 Å². The Labute approximate surface area is 158 Å². The molecule has 1 aliphatic carbocycles. The Hall–Kier alpha value is -1.55. The monoisotopic (exact) mass is 358 g/mol. The van der Waals surface area contributed by atoms with Crippen molar-refractivity contribution in [1.82, 2.24) is 10.2 Å². The van der Waals surface area contributed by atoms with E-state index in [9.17, 15) is 4.79 Å². The fourth-order valence-electron chi connectivity index (χ4n) is 3.50. The lowest BCUT2D eigenvalue weighted by Gasteiger charge is -2.34. The molecule has 4 heteroatoms. The van der Waals surface area contributed by atoms with Gasteiger partial charge in [-0.25, -0.2) is 0 Å². The first kappa shape index (κ1) is 19.2. The highest BCUT2D eigenvalue weighted by Crippen LogP contribution is 2.28. The van der Waals surface area contributed by atoms with Crippen LogP contribution in [0.3, 0.4) is 0 Å². The maximum absolute atomic E-state index is 12.7. The molecule has 3 rings (SSSR count). The third-order valence-corrected chi connectivity index (χ3v) is 5.58. The first-order valence-electron chi connectivity index (χ1n) is 10.1. The minimum Gasteiger partial charge on any atom is -0.481 e. The fourth-order valence-corrected chi connectivity index (χ4v) is 3.50. The Balaban J connectivity index is 1.45. The molecule has 0 aromatic heterocycles. The smallest absolute Gasteiger partial charge is 0.263 e. The lowest BCUT2D eigenvalue weighted by molar-refractivity contribution is -0.139. The molecular formula is C22H34N2O2. The van der Waals surface area contributed by atoms with Crippen LogP contribution in [-0.4, -0.2) is 42.6 Å². The summed E-state index contributed by atoms with van der Waals surface area (Å²) >= 11 is 0. The molecular weight excluding hydrogens is 324 g/mol. The number of piperidine rings is 1. The van der Waals surface area contributed by atoms with E-state index in [-0.39, 0.29) is 11.3 Å². The Kier molecular flexibility index (Phi) is 5.91. The highest BCUT2D eigenvalue weighted by Gasteiger charge is 2.28. The lowest BCUT2D eigenvalue weighted by atomic mass is 9.87. The standard InChI is InChI=1S/C22H34N2O2/c1-16(26-20-9-7-18(8-10-20)22(2,3)4)21(25)24-13-11-19(12-14-24)23-15-17-5-6-17/h7-10,16-17,19,23H,5-6,11-15H2,1-4H3. The summed E-state index contributed by atoms with van der Waals surface area (Å²) in [5.74, 6) is 1.78. The van der Waals surface area contributed by atoms with Crippen molar-refractivity contribution in [3.63, 3.8) is 0 Å². The van der Waals surface area contributed by atoms with Crippen molar-refractivity contribution >= 4 is 5.91 Å². The van der Waals surface area contributed by atoms with Crippen LogP contribution < -0.4 is 10.1 Å². The molecule has 0 spiro atoms.